The van der Waals surface area contributed by atoms with Crippen LogP contribution in [-0.4, -0.2) is 31.2 Å². The molecule has 0 radical (unpaired) electrons. The molecule has 1 heteroatoms. The van der Waals surface area contributed by atoms with Crippen molar-refractivity contribution in [1.29, 1.82) is 0 Å². The predicted octanol–water partition coefficient (Wildman–Crippen LogP) is 2.83. The lowest BCUT2D eigenvalue weighted by atomic mass is 10.2. The fraction of sp³-hybridized carbons (Fsp3) is 0.818. The minimum Gasteiger partial charge on any atom is -0.323 e. The van der Waals surface area contributed by atoms with Crippen LogP contribution < -0.4 is 0 Å². The van der Waals surface area contributed by atoms with Gasteiger partial charge in [-0.3, -0.25) is 0 Å². The number of nitrogens with zero attached hydrogens (tertiary/aromatic N) is 1. The van der Waals surface area contributed by atoms with Gasteiger partial charge in [0.05, 0.1) is 26.7 Å². The molecule has 0 saturated carbocycles. The van der Waals surface area contributed by atoms with Crippen LogP contribution >= 0.6 is 0 Å². The molecular formula is C11H24N+. The van der Waals surface area contributed by atoms with Gasteiger partial charge in [-0.15, -0.1) is 0 Å². The third-order valence-electron chi connectivity index (χ3n) is 2.71. The van der Waals surface area contributed by atoms with Crippen LogP contribution in [0.1, 0.15) is 34.1 Å². The fourth-order valence-corrected chi connectivity index (χ4v) is 1.46. The van der Waals surface area contributed by atoms with Gasteiger partial charge in [-0.05, 0) is 32.8 Å². The molecule has 0 aromatic heterocycles. The van der Waals surface area contributed by atoms with Gasteiger partial charge in [0, 0.05) is 0 Å². The van der Waals surface area contributed by atoms with E-state index in [9.17, 15) is 0 Å². The quantitative estimate of drug-likeness (QED) is 0.439. The van der Waals surface area contributed by atoms with Crippen LogP contribution in [0.25, 0.3) is 0 Å². The number of quaternary nitrogens is 1. The molecule has 0 fully saturated rings. The molecule has 0 bridgehead atoms. The van der Waals surface area contributed by atoms with E-state index in [0.29, 0.717) is 0 Å². The van der Waals surface area contributed by atoms with Crippen molar-refractivity contribution < 1.29 is 4.48 Å². The maximum absolute atomic E-state index is 2.34. The number of hydrogen-bond acceptors (Lipinski definition) is 0. The smallest absolute Gasteiger partial charge is 0.0998 e. The molecule has 0 spiro atoms. The minimum atomic E-state index is 1.17. The highest BCUT2D eigenvalue weighted by Gasteiger charge is 2.15. The first-order valence-corrected chi connectivity index (χ1v) is 5.07. The van der Waals surface area contributed by atoms with Crippen LogP contribution in [0.2, 0.25) is 0 Å². The SMILES string of the molecule is CCC=C(C)C[N+](C)(CC)CC. The Morgan fingerprint density at radius 2 is 1.67 bits per heavy atom. The summed E-state index contributed by atoms with van der Waals surface area (Å²) < 4.78 is 1.17. The second-order valence-electron chi connectivity index (χ2n) is 3.87. The Morgan fingerprint density at radius 3 is 2.00 bits per heavy atom. The Labute approximate surface area is 77.7 Å². The largest absolute Gasteiger partial charge is 0.323 e. The van der Waals surface area contributed by atoms with E-state index in [4.69, 9.17) is 0 Å². The van der Waals surface area contributed by atoms with Crippen molar-refractivity contribution in [3.63, 3.8) is 0 Å². The van der Waals surface area contributed by atoms with Crippen LogP contribution in [0, 0.1) is 0 Å². The van der Waals surface area contributed by atoms with Gasteiger partial charge < -0.3 is 4.48 Å². The summed E-state index contributed by atoms with van der Waals surface area (Å²) in [5, 5.41) is 0. The maximum atomic E-state index is 2.34. The zero-order valence-corrected chi connectivity index (χ0v) is 9.35. The third-order valence-corrected chi connectivity index (χ3v) is 2.71. The topological polar surface area (TPSA) is 0 Å². The highest BCUT2D eigenvalue weighted by molar-refractivity contribution is 4.97. The number of allylic oxidation sites excluding steroid dienone is 1. The van der Waals surface area contributed by atoms with Gasteiger partial charge in [0.2, 0.25) is 0 Å². The van der Waals surface area contributed by atoms with Crippen LogP contribution in [0.4, 0.5) is 0 Å². The monoisotopic (exact) mass is 170 g/mol. The minimum absolute atomic E-state index is 1.17. The van der Waals surface area contributed by atoms with E-state index in [-0.39, 0.29) is 0 Å². The average Bonchev–Trinajstić information content (AvgIpc) is 2.05. The first-order chi connectivity index (χ1) is 5.58. The van der Waals surface area contributed by atoms with Gasteiger partial charge in [-0.25, -0.2) is 0 Å². The molecule has 72 valence electrons. The summed E-state index contributed by atoms with van der Waals surface area (Å²) in [5.74, 6) is 0. The highest BCUT2D eigenvalue weighted by atomic mass is 15.3. The zero-order chi connectivity index (χ0) is 9.61. The van der Waals surface area contributed by atoms with Gasteiger partial charge >= 0.3 is 0 Å². The second kappa shape index (κ2) is 5.36. The van der Waals surface area contributed by atoms with E-state index >= 15 is 0 Å². The molecule has 0 aliphatic carbocycles. The second-order valence-corrected chi connectivity index (χ2v) is 3.87. The van der Waals surface area contributed by atoms with Crippen LogP contribution in [0.3, 0.4) is 0 Å². The Balaban J connectivity index is 4.11. The Morgan fingerprint density at radius 1 is 1.17 bits per heavy atom. The summed E-state index contributed by atoms with van der Waals surface area (Å²) in [5.41, 5.74) is 1.53. The summed E-state index contributed by atoms with van der Waals surface area (Å²) in [7, 11) is 2.33. The van der Waals surface area contributed by atoms with Gasteiger partial charge in [0.25, 0.3) is 0 Å². The summed E-state index contributed by atoms with van der Waals surface area (Å²) in [4.78, 5) is 0. The number of likely N-dealkylation sites (N-methyl/N-ethyl adjacent to an activating group) is 1. The van der Waals surface area contributed by atoms with Crippen molar-refractivity contribution in [2.45, 2.75) is 34.1 Å². The van der Waals surface area contributed by atoms with Crippen molar-refractivity contribution in [1.82, 2.24) is 0 Å². The van der Waals surface area contributed by atoms with Crippen LogP contribution in [0.5, 0.6) is 0 Å². The lowest BCUT2D eigenvalue weighted by molar-refractivity contribution is -0.901. The van der Waals surface area contributed by atoms with E-state index < -0.39 is 0 Å². The van der Waals surface area contributed by atoms with Crippen molar-refractivity contribution in [2.24, 2.45) is 0 Å². The molecule has 0 atom stereocenters. The van der Waals surface area contributed by atoms with Crippen molar-refractivity contribution in [3.05, 3.63) is 11.6 Å². The lowest BCUT2D eigenvalue weighted by Crippen LogP contribution is -2.44. The summed E-state index contributed by atoms with van der Waals surface area (Å²) >= 11 is 0. The predicted molar refractivity (Wildman–Crippen MR) is 56.2 cm³/mol. The molecule has 0 aliphatic rings. The van der Waals surface area contributed by atoms with Gasteiger partial charge in [0.15, 0.2) is 0 Å². The molecule has 0 aliphatic heterocycles. The Hall–Kier alpha value is -0.300. The first-order valence-electron chi connectivity index (χ1n) is 5.07. The first kappa shape index (κ1) is 11.7. The normalized spacial score (nSPS) is 13.6. The van der Waals surface area contributed by atoms with E-state index in [0.717, 1.165) is 0 Å². The number of hydrogen-bond donors (Lipinski definition) is 0. The van der Waals surface area contributed by atoms with E-state index in [1.807, 2.05) is 0 Å². The molecule has 0 aromatic rings. The molecular weight excluding hydrogens is 146 g/mol. The summed E-state index contributed by atoms with van der Waals surface area (Å²) in [6.07, 6.45) is 3.50. The van der Waals surface area contributed by atoms with E-state index in [1.54, 1.807) is 0 Å². The molecule has 0 N–H and O–H groups in total. The zero-order valence-electron chi connectivity index (χ0n) is 9.35. The van der Waals surface area contributed by atoms with Crippen molar-refractivity contribution >= 4 is 0 Å². The molecule has 0 amide bonds. The van der Waals surface area contributed by atoms with Gasteiger partial charge in [-0.1, -0.05) is 13.0 Å². The van der Waals surface area contributed by atoms with Crippen LogP contribution in [0.15, 0.2) is 11.6 Å². The summed E-state index contributed by atoms with van der Waals surface area (Å²) in [6.45, 7) is 12.6. The van der Waals surface area contributed by atoms with Gasteiger partial charge in [0.1, 0.15) is 0 Å². The highest BCUT2D eigenvalue weighted by Crippen LogP contribution is 2.07. The molecule has 0 heterocycles. The molecule has 0 unspecified atom stereocenters. The molecule has 12 heavy (non-hydrogen) atoms. The average molecular weight is 170 g/mol. The molecule has 1 nitrogen and oxygen atoms in total. The Kier molecular flexibility index (Phi) is 5.23. The fourth-order valence-electron chi connectivity index (χ4n) is 1.46. The van der Waals surface area contributed by atoms with E-state index in [1.165, 1.54) is 36.1 Å². The van der Waals surface area contributed by atoms with E-state index in [2.05, 4.69) is 40.8 Å². The van der Waals surface area contributed by atoms with Crippen LogP contribution in [-0.2, 0) is 0 Å². The molecule has 0 saturated heterocycles. The Bertz CT molecular complexity index is 143. The molecule has 0 rings (SSSR count). The standard InChI is InChI=1S/C11H24N/c1-6-9-11(4)10-12(5,7-2)8-3/h9H,6-8,10H2,1-5H3/q+1. The summed E-state index contributed by atoms with van der Waals surface area (Å²) in [6, 6.07) is 0. The van der Waals surface area contributed by atoms with Crippen molar-refractivity contribution in [3.8, 4) is 0 Å². The van der Waals surface area contributed by atoms with Gasteiger partial charge in [-0.2, -0.15) is 0 Å². The van der Waals surface area contributed by atoms with Crippen molar-refractivity contribution in [2.75, 3.05) is 26.7 Å². The third kappa shape index (κ3) is 3.91. The number of rotatable bonds is 5. The maximum Gasteiger partial charge on any atom is 0.0998 e. The lowest BCUT2D eigenvalue weighted by Gasteiger charge is -2.32. The molecule has 0 aromatic carbocycles.